The number of hydrogen-bond donors (Lipinski definition) is 2. The molecule has 5 heteroatoms. The van der Waals surface area contributed by atoms with Gasteiger partial charge in [-0.05, 0) is 43.9 Å². The Labute approximate surface area is 137 Å². The van der Waals surface area contributed by atoms with Crippen molar-refractivity contribution in [3.63, 3.8) is 0 Å². The van der Waals surface area contributed by atoms with Gasteiger partial charge in [-0.3, -0.25) is 9.59 Å². The van der Waals surface area contributed by atoms with Crippen LogP contribution in [-0.4, -0.2) is 29.2 Å². The van der Waals surface area contributed by atoms with Gasteiger partial charge in [-0.2, -0.15) is 0 Å². The zero-order valence-corrected chi connectivity index (χ0v) is 13.7. The first-order valence-electron chi connectivity index (χ1n) is 8.30. The van der Waals surface area contributed by atoms with Gasteiger partial charge in [0.05, 0.1) is 12.0 Å². The van der Waals surface area contributed by atoms with Crippen LogP contribution in [0.3, 0.4) is 0 Å². The monoisotopic (exact) mass is 319 g/mol. The fourth-order valence-electron chi connectivity index (χ4n) is 2.85. The van der Waals surface area contributed by atoms with Crippen LogP contribution in [0, 0.1) is 0 Å². The predicted molar refractivity (Wildman–Crippen MR) is 88.5 cm³/mol. The van der Waals surface area contributed by atoms with Crippen molar-refractivity contribution in [3.8, 4) is 0 Å². The Morgan fingerprint density at radius 1 is 1.35 bits per heavy atom. The summed E-state index contributed by atoms with van der Waals surface area (Å²) in [5, 5.41) is 11.9. The van der Waals surface area contributed by atoms with Crippen LogP contribution in [0.1, 0.15) is 57.4 Å². The Morgan fingerprint density at radius 2 is 2.04 bits per heavy atom. The molecule has 0 radical (unpaired) electrons. The fraction of sp³-hybridized carbons (Fsp3) is 0.556. The number of rotatable bonds is 7. The summed E-state index contributed by atoms with van der Waals surface area (Å²) < 4.78 is 5.90. The number of carbonyl (C=O) groups is 2. The molecule has 1 aromatic carbocycles. The first-order valence-corrected chi connectivity index (χ1v) is 8.30. The third-order valence-electron chi connectivity index (χ3n) is 4.35. The Hall–Kier alpha value is -1.88. The molecule has 1 aromatic rings. The zero-order chi connectivity index (χ0) is 16.8. The van der Waals surface area contributed by atoms with E-state index < -0.39 is 18.0 Å². The van der Waals surface area contributed by atoms with Gasteiger partial charge in [-0.25, -0.2) is 0 Å². The molecule has 1 aliphatic carbocycles. The van der Waals surface area contributed by atoms with Crippen LogP contribution in [0.4, 0.5) is 5.69 Å². The average molecular weight is 319 g/mol. The van der Waals surface area contributed by atoms with Gasteiger partial charge in [0.2, 0.25) is 0 Å². The molecule has 1 fully saturated rings. The quantitative estimate of drug-likeness (QED) is 0.806. The van der Waals surface area contributed by atoms with Crippen molar-refractivity contribution in [2.45, 2.75) is 64.1 Å². The highest BCUT2D eigenvalue weighted by atomic mass is 16.5. The van der Waals surface area contributed by atoms with Gasteiger partial charge in [0.25, 0.3) is 5.91 Å². The van der Waals surface area contributed by atoms with E-state index in [1.165, 1.54) is 0 Å². The smallest absolute Gasteiger partial charge is 0.310 e. The molecule has 23 heavy (non-hydrogen) atoms. The minimum Gasteiger partial charge on any atom is -0.481 e. The highest BCUT2D eigenvalue weighted by Gasteiger charge is 2.24. The van der Waals surface area contributed by atoms with Gasteiger partial charge in [0.15, 0.2) is 0 Å². The van der Waals surface area contributed by atoms with Gasteiger partial charge in [-0.1, -0.05) is 31.9 Å². The Bertz CT molecular complexity index is 552. The maximum atomic E-state index is 12.4. The first-order chi connectivity index (χ1) is 11.0. The van der Waals surface area contributed by atoms with Crippen molar-refractivity contribution in [2.75, 3.05) is 5.32 Å². The number of nitrogens with one attached hydrogen (secondary N) is 1. The molecule has 2 rings (SSSR count). The summed E-state index contributed by atoms with van der Waals surface area (Å²) in [5.74, 6) is -1.66. The van der Waals surface area contributed by atoms with Gasteiger partial charge in [0.1, 0.15) is 6.10 Å². The lowest BCUT2D eigenvalue weighted by atomic mass is 10.0. The van der Waals surface area contributed by atoms with E-state index in [-0.39, 0.29) is 12.0 Å². The number of hydrogen-bond acceptors (Lipinski definition) is 3. The molecule has 1 aliphatic rings. The first kappa shape index (κ1) is 17.5. The lowest BCUT2D eigenvalue weighted by molar-refractivity contribution is -0.138. The number of amides is 1. The highest BCUT2D eigenvalue weighted by molar-refractivity contribution is 5.94. The normalized spacial score (nSPS) is 17.7. The lowest BCUT2D eigenvalue weighted by Gasteiger charge is -2.20. The molecule has 1 amide bonds. The molecule has 2 atom stereocenters. The Balaban J connectivity index is 2.00. The topological polar surface area (TPSA) is 75.6 Å². The standard InChI is InChI=1S/C18H25NO4/c1-3-16(23-15-9-4-5-10-15)17(20)19-14-8-6-7-13(11-14)12(2)18(21)22/h6-8,11-12,15-16H,3-5,9-10H2,1-2H3,(H,19,20)(H,21,22). The van der Waals surface area contributed by atoms with Gasteiger partial charge in [-0.15, -0.1) is 0 Å². The second kappa shape index (κ2) is 8.11. The molecular formula is C18H25NO4. The Morgan fingerprint density at radius 3 is 2.65 bits per heavy atom. The number of carbonyl (C=O) groups excluding carboxylic acids is 1. The van der Waals surface area contributed by atoms with Crippen molar-refractivity contribution in [1.29, 1.82) is 0 Å². The van der Waals surface area contributed by atoms with Crippen LogP contribution >= 0.6 is 0 Å². The molecule has 2 unspecified atom stereocenters. The summed E-state index contributed by atoms with van der Waals surface area (Å²) in [6.45, 7) is 3.56. The number of carboxylic acid groups (broad SMARTS) is 1. The third kappa shape index (κ3) is 4.79. The van der Waals surface area contributed by atoms with Gasteiger partial charge in [0, 0.05) is 5.69 Å². The number of benzene rings is 1. The third-order valence-corrected chi connectivity index (χ3v) is 4.35. The summed E-state index contributed by atoms with van der Waals surface area (Å²) in [7, 11) is 0. The van der Waals surface area contributed by atoms with Crippen molar-refractivity contribution < 1.29 is 19.4 Å². The van der Waals surface area contributed by atoms with Crippen LogP contribution in [0.5, 0.6) is 0 Å². The van der Waals surface area contributed by atoms with E-state index in [0.717, 1.165) is 25.7 Å². The van der Waals surface area contributed by atoms with Gasteiger partial charge >= 0.3 is 5.97 Å². The van der Waals surface area contributed by atoms with Crippen molar-refractivity contribution >= 4 is 17.6 Å². The van der Waals surface area contributed by atoms with E-state index in [1.54, 1.807) is 31.2 Å². The van der Waals surface area contributed by atoms with E-state index in [1.807, 2.05) is 6.92 Å². The molecule has 0 saturated heterocycles. The molecule has 126 valence electrons. The summed E-state index contributed by atoms with van der Waals surface area (Å²) in [4.78, 5) is 23.5. The van der Waals surface area contributed by atoms with Crippen molar-refractivity contribution in [1.82, 2.24) is 0 Å². The fourth-order valence-corrected chi connectivity index (χ4v) is 2.85. The zero-order valence-electron chi connectivity index (χ0n) is 13.7. The predicted octanol–water partition coefficient (Wildman–Crippen LogP) is 3.55. The van der Waals surface area contributed by atoms with Crippen molar-refractivity contribution in [3.05, 3.63) is 29.8 Å². The summed E-state index contributed by atoms with van der Waals surface area (Å²) in [6, 6.07) is 6.97. The van der Waals surface area contributed by atoms with Gasteiger partial charge < -0.3 is 15.2 Å². The van der Waals surface area contributed by atoms with E-state index in [2.05, 4.69) is 5.32 Å². The number of aliphatic carboxylic acids is 1. The lowest BCUT2D eigenvalue weighted by Crippen LogP contribution is -2.32. The average Bonchev–Trinajstić information content (AvgIpc) is 3.05. The number of anilines is 1. The molecule has 0 aliphatic heterocycles. The molecule has 0 spiro atoms. The van der Waals surface area contributed by atoms with Crippen LogP contribution in [0.2, 0.25) is 0 Å². The number of carboxylic acids is 1. The van der Waals surface area contributed by atoms with E-state index >= 15 is 0 Å². The largest absolute Gasteiger partial charge is 0.481 e. The summed E-state index contributed by atoms with van der Waals surface area (Å²) in [5.41, 5.74) is 1.27. The molecule has 0 bridgehead atoms. The highest BCUT2D eigenvalue weighted by Crippen LogP contribution is 2.24. The molecular weight excluding hydrogens is 294 g/mol. The van der Waals surface area contributed by atoms with Crippen LogP contribution in [0.25, 0.3) is 0 Å². The van der Waals surface area contributed by atoms with E-state index in [9.17, 15) is 9.59 Å². The SMILES string of the molecule is CCC(OC1CCCC1)C(=O)Nc1cccc(C(C)C(=O)O)c1. The van der Waals surface area contributed by atoms with Crippen molar-refractivity contribution in [2.24, 2.45) is 0 Å². The van der Waals surface area contributed by atoms with Crippen LogP contribution in [-0.2, 0) is 14.3 Å². The number of ether oxygens (including phenoxy) is 1. The maximum absolute atomic E-state index is 12.4. The summed E-state index contributed by atoms with van der Waals surface area (Å²) >= 11 is 0. The second-order valence-corrected chi connectivity index (χ2v) is 6.11. The Kier molecular flexibility index (Phi) is 6.16. The molecule has 5 nitrogen and oxygen atoms in total. The van der Waals surface area contributed by atoms with Crippen LogP contribution in [0.15, 0.2) is 24.3 Å². The molecule has 0 aromatic heterocycles. The second-order valence-electron chi connectivity index (χ2n) is 6.11. The van der Waals surface area contributed by atoms with E-state index in [4.69, 9.17) is 9.84 Å². The molecule has 0 heterocycles. The summed E-state index contributed by atoms with van der Waals surface area (Å²) in [6.07, 6.45) is 4.72. The minimum atomic E-state index is -0.885. The minimum absolute atomic E-state index is 0.167. The molecule has 1 saturated carbocycles. The molecule has 2 N–H and O–H groups in total. The van der Waals surface area contributed by atoms with Crippen LogP contribution < -0.4 is 5.32 Å². The maximum Gasteiger partial charge on any atom is 0.310 e. The van der Waals surface area contributed by atoms with E-state index in [0.29, 0.717) is 17.7 Å².